The molecule has 2 heterocycles. The third kappa shape index (κ3) is 4.32. The van der Waals surface area contributed by atoms with Crippen molar-refractivity contribution >= 4 is 34.6 Å². The summed E-state index contributed by atoms with van der Waals surface area (Å²) in [6, 6.07) is 11.3. The molecule has 0 saturated carbocycles. The van der Waals surface area contributed by atoms with Crippen molar-refractivity contribution in [3.8, 4) is 5.75 Å². The predicted molar refractivity (Wildman–Crippen MR) is 107 cm³/mol. The van der Waals surface area contributed by atoms with Crippen LogP contribution in [0.4, 0.5) is 5.69 Å². The van der Waals surface area contributed by atoms with Gasteiger partial charge in [0, 0.05) is 18.9 Å². The van der Waals surface area contributed by atoms with E-state index in [-0.39, 0.29) is 5.91 Å². The molecule has 0 bridgehead atoms. The van der Waals surface area contributed by atoms with Gasteiger partial charge in [0.25, 0.3) is 5.91 Å². The first-order valence-corrected chi connectivity index (χ1v) is 9.37. The lowest BCUT2D eigenvalue weighted by Crippen LogP contribution is -2.30. The van der Waals surface area contributed by atoms with Crippen molar-refractivity contribution in [2.45, 2.75) is 19.8 Å². The number of pyridine rings is 1. The minimum absolute atomic E-state index is 0.000403. The zero-order valence-corrected chi connectivity index (χ0v) is 15.7. The Bertz CT molecular complexity index is 817. The topological polar surface area (TPSA) is 54.8 Å². The molecule has 1 amide bonds. The molecule has 5 nitrogen and oxygen atoms in total. The third-order valence-electron chi connectivity index (χ3n) is 3.90. The van der Waals surface area contributed by atoms with Crippen molar-refractivity contribution in [2.24, 2.45) is 4.99 Å². The molecule has 0 N–H and O–H groups in total. The van der Waals surface area contributed by atoms with Crippen LogP contribution < -0.4 is 4.74 Å². The molecule has 1 aliphatic heterocycles. The standard InChI is InChI=1S/C20H21N3O2S/c1-3-4-12-23-19(24)18(13-15-6-5-11-21-14-15)26-20(23)22-16-7-9-17(25-2)10-8-16/h5-11,13-14H,3-4,12H2,1-2H3/b18-13-,22-20?. The van der Waals surface area contributed by atoms with Crippen LogP contribution in [0.25, 0.3) is 6.08 Å². The molecule has 6 heteroatoms. The number of amides is 1. The lowest BCUT2D eigenvalue weighted by molar-refractivity contribution is -0.122. The number of carbonyl (C=O) groups is 1. The zero-order valence-electron chi connectivity index (χ0n) is 14.9. The van der Waals surface area contributed by atoms with Gasteiger partial charge in [-0.25, -0.2) is 4.99 Å². The number of unbranched alkanes of at least 4 members (excludes halogenated alkanes) is 1. The van der Waals surface area contributed by atoms with E-state index in [0.717, 1.165) is 29.8 Å². The molecule has 1 aromatic heterocycles. The molecule has 1 fully saturated rings. The van der Waals surface area contributed by atoms with Crippen LogP contribution in [-0.2, 0) is 4.79 Å². The molecule has 134 valence electrons. The van der Waals surface area contributed by atoms with Crippen molar-refractivity contribution in [1.82, 2.24) is 9.88 Å². The van der Waals surface area contributed by atoms with Gasteiger partial charge >= 0.3 is 0 Å². The number of aromatic nitrogens is 1. The third-order valence-corrected chi connectivity index (χ3v) is 4.91. The van der Waals surface area contributed by atoms with Crippen LogP contribution in [0.2, 0.25) is 0 Å². The average molecular weight is 367 g/mol. The number of hydrogen-bond acceptors (Lipinski definition) is 5. The molecule has 1 saturated heterocycles. The summed E-state index contributed by atoms with van der Waals surface area (Å²) in [5.41, 5.74) is 1.70. The summed E-state index contributed by atoms with van der Waals surface area (Å²) in [5.74, 6) is 0.781. The highest BCUT2D eigenvalue weighted by Gasteiger charge is 2.32. The molecule has 0 spiro atoms. The maximum absolute atomic E-state index is 12.8. The summed E-state index contributed by atoms with van der Waals surface area (Å²) in [7, 11) is 1.63. The summed E-state index contributed by atoms with van der Waals surface area (Å²) >= 11 is 1.41. The van der Waals surface area contributed by atoms with E-state index >= 15 is 0 Å². The van der Waals surface area contributed by atoms with E-state index in [0.29, 0.717) is 16.6 Å². The second kappa shape index (κ2) is 8.67. The summed E-state index contributed by atoms with van der Waals surface area (Å²) < 4.78 is 5.18. The summed E-state index contributed by atoms with van der Waals surface area (Å²) in [6.45, 7) is 2.78. The minimum Gasteiger partial charge on any atom is -0.497 e. The number of carbonyl (C=O) groups excluding carboxylic acids is 1. The van der Waals surface area contributed by atoms with Crippen LogP contribution in [0.5, 0.6) is 5.75 Å². The number of benzene rings is 1. The maximum atomic E-state index is 12.8. The molecule has 0 aliphatic carbocycles. The number of nitrogens with zero attached hydrogens (tertiary/aromatic N) is 3. The largest absolute Gasteiger partial charge is 0.497 e. The van der Waals surface area contributed by atoms with Crippen LogP contribution in [-0.4, -0.2) is 34.6 Å². The molecular weight excluding hydrogens is 346 g/mol. The monoisotopic (exact) mass is 367 g/mol. The van der Waals surface area contributed by atoms with Gasteiger partial charge in [0.05, 0.1) is 17.7 Å². The molecule has 0 unspecified atom stereocenters. The lowest BCUT2D eigenvalue weighted by atomic mass is 10.2. The summed E-state index contributed by atoms with van der Waals surface area (Å²) in [6.07, 6.45) is 7.29. The Morgan fingerprint density at radius 1 is 1.27 bits per heavy atom. The van der Waals surface area contributed by atoms with Crippen LogP contribution in [0.15, 0.2) is 58.7 Å². The van der Waals surface area contributed by atoms with Crippen LogP contribution in [0, 0.1) is 0 Å². The van der Waals surface area contributed by atoms with E-state index in [1.54, 1.807) is 24.4 Å². The van der Waals surface area contributed by atoms with E-state index in [1.165, 1.54) is 11.8 Å². The Balaban J connectivity index is 1.89. The van der Waals surface area contributed by atoms with Gasteiger partial charge < -0.3 is 4.74 Å². The molecule has 2 aromatic rings. The Kier molecular flexibility index (Phi) is 6.07. The second-order valence-electron chi connectivity index (χ2n) is 5.80. The van der Waals surface area contributed by atoms with Gasteiger partial charge in [-0.3, -0.25) is 14.7 Å². The molecular formula is C20H21N3O2S. The number of methoxy groups -OCH3 is 1. The highest BCUT2D eigenvalue weighted by Crippen LogP contribution is 2.34. The van der Waals surface area contributed by atoms with Crippen LogP contribution in [0.1, 0.15) is 25.3 Å². The van der Waals surface area contributed by atoms with E-state index in [9.17, 15) is 4.79 Å². The molecule has 0 radical (unpaired) electrons. The predicted octanol–water partition coefficient (Wildman–Crippen LogP) is 4.49. The van der Waals surface area contributed by atoms with Crippen LogP contribution >= 0.6 is 11.8 Å². The van der Waals surface area contributed by atoms with Gasteiger partial charge in [0.1, 0.15) is 5.75 Å². The van der Waals surface area contributed by atoms with Gasteiger partial charge in [-0.15, -0.1) is 0 Å². The lowest BCUT2D eigenvalue weighted by Gasteiger charge is -2.14. The van der Waals surface area contributed by atoms with Gasteiger partial charge in [-0.2, -0.15) is 0 Å². The zero-order chi connectivity index (χ0) is 18.4. The highest BCUT2D eigenvalue weighted by molar-refractivity contribution is 8.18. The number of thioether (sulfide) groups is 1. The Morgan fingerprint density at radius 2 is 2.08 bits per heavy atom. The van der Waals surface area contributed by atoms with Crippen molar-refractivity contribution in [3.05, 3.63) is 59.3 Å². The number of ether oxygens (including phenoxy) is 1. The number of amidine groups is 1. The molecule has 1 aliphatic rings. The molecule has 26 heavy (non-hydrogen) atoms. The molecule has 0 atom stereocenters. The van der Waals surface area contributed by atoms with Crippen LogP contribution in [0.3, 0.4) is 0 Å². The highest BCUT2D eigenvalue weighted by atomic mass is 32.2. The first-order chi connectivity index (χ1) is 12.7. The molecule has 3 rings (SSSR count). The van der Waals surface area contributed by atoms with E-state index in [4.69, 9.17) is 4.74 Å². The minimum atomic E-state index is -0.000403. The molecule has 1 aromatic carbocycles. The van der Waals surface area contributed by atoms with Crippen molar-refractivity contribution in [1.29, 1.82) is 0 Å². The van der Waals surface area contributed by atoms with E-state index in [2.05, 4.69) is 16.9 Å². The normalized spacial score (nSPS) is 17.3. The number of rotatable bonds is 6. The van der Waals surface area contributed by atoms with Gasteiger partial charge in [-0.05, 0) is 60.2 Å². The quantitative estimate of drug-likeness (QED) is 0.706. The fraction of sp³-hybridized carbons (Fsp3) is 0.250. The van der Waals surface area contributed by atoms with Crippen molar-refractivity contribution in [3.63, 3.8) is 0 Å². The van der Waals surface area contributed by atoms with E-state index in [1.807, 2.05) is 42.5 Å². The SMILES string of the molecule is CCCCN1C(=O)/C(=C/c2cccnc2)SC1=Nc1ccc(OC)cc1. The fourth-order valence-corrected chi connectivity index (χ4v) is 3.51. The number of hydrogen-bond donors (Lipinski definition) is 0. The van der Waals surface area contributed by atoms with Gasteiger partial charge in [0.2, 0.25) is 0 Å². The first kappa shape index (κ1) is 18.2. The Labute approximate surface area is 157 Å². The number of aliphatic imine (C=N–C) groups is 1. The average Bonchev–Trinajstić information content (AvgIpc) is 2.96. The van der Waals surface area contributed by atoms with Crippen molar-refractivity contribution in [2.75, 3.05) is 13.7 Å². The Morgan fingerprint density at radius 3 is 2.73 bits per heavy atom. The fourth-order valence-electron chi connectivity index (χ4n) is 2.48. The van der Waals surface area contributed by atoms with E-state index < -0.39 is 0 Å². The second-order valence-corrected chi connectivity index (χ2v) is 6.81. The summed E-state index contributed by atoms with van der Waals surface area (Å²) in [4.78, 5) is 24.1. The van der Waals surface area contributed by atoms with Gasteiger partial charge in [0.15, 0.2) is 5.17 Å². The maximum Gasteiger partial charge on any atom is 0.266 e. The first-order valence-electron chi connectivity index (χ1n) is 8.55. The summed E-state index contributed by atoms with van der Waals surface area (Å²) in [5, 5.41) is 0.712. The smallest absolute Gasteiger partial charge is 0.266 e. The van der Waals surface area contributed by atoms with Gasteiger partial charge in [-0.1, -0.05) is 19.4 Å². The van der Waals surface area contributed by atoms with Crippen molar-refractivity contribution < 1.29 is 9.53 Å². The Hall–Kier alpha value is -2.60.